The molecule has 0 bridgehead atoms. The molecule has 1 fully saturated rings. The lowest BCUT2D eigenvalue weighted by molar-refractivity contribution is -0.133. The molecule has 150 valence electrons. The number of rotatable bonds is 8. The average Bonchev–Trinajstić information content (AvgIpc) is 3.08. The number of aromatic nitrogens is 1. The molecule has 0 aliphatic carbocycles. The fraction of sp³-hybridized carbons (Fsp3) is 0.364. The second-order valence-electron chi connectivity index (χ2n) is 7.15. The largest absolute Gasteiger partial charge is 0.447 e. The van der Waals surface area contributed by atoms with Gasteiger partial charge in [0.2, 0.25) is 5.91 Å². The number of hydrogen-bond acceptors (Lipinski definition) is 6. The molecular weight excluding hydrogens is 368 g/mol. The molecule has 0 radical (unpaired) electrons. The van der Waals surface area contributed by atoms with E-state index >= 15 is 0 Å². The zero-order valence-electron chi connectivity index (χ0n) is 16.2. The van der Waals surface area contributed by atoms with E-state index in [0.717, 1.165) is 11.1 Å². The molecule has 1 aliphatic heterocycles. The van der Waals surface area contributed by atoms with Gasteiger partial charge in [-0.1, -0.05) is 30.3 Å². The molecule has 1 aromatic carbocycles. The predicted octanol–water partition coefficient (Wildman–Crippen LogP) is 3.11. The van der Waals surface area contributed by atoms with Crippen LogP contribution in [0.1, 0.15) is 30.4 Å². The van der Waals surface area contributed by atoms with Crippen molar-refractivity contribution in [1.29, 1.82) is 5.26 Å². The number of amides is 2. The summed E-state index contributed by atoms with van der Waals surface area (Å²) in [4.78, 5) is 30.8. The fourth-order valence-corrected chi connectivity index (χ4v) is 3.58. The number of aryl methyl sites for hydroxylation is 1. The van der Waals surface area contributed by atoms with Gasteiger partial charge in [-0.05, 0) is 48.9 Å². The van der Waals surface area contributed by atoms with Crippen LogP contribution in [0.4, 0.5) is 10.6 Å². The van der Waals surface area contributed by atoms with Crippen LogP contribution in [-0.2, 0) is 22.4 Å². The molecule has 7 heteroatoms. The molecule has 3 rings (SSSR count). The lowest BCUT2D eigenvalue weighted by atomic mass is 9.93. The number of ether oxygens (including phenoxy) is 1. The summed E-state index contributed by atoms with van der Waals surface area (Å²) in [6.45, 7) is 0.186. The van der Waals surface area contributed by atoms with Crippen LogP contribution in [0.5, 0.6) is 0 Å². The molecular formula is C22H24N4O3. The Balaban J connectivity index is 1.72. The Hall–Kier alpha value is -3.40. The van der Waals surface area contributed by atoms with Crippen LogP contribution in [-0.4, -0.2) is 34.5 Å². The number of anilines is 1. The van der Waals surface area contributed by atoms with Crippen LogP contribution in [0.2, 0.25) is 0 Å². The summed E-state index contributed by atoms with van der Waals surface area (Å²) in [7, 11) is 0. The van der Waals surface area contributed by atoms with E-state index in [1.54, 1.807) is 12.3 Å². The highest BCUT2D eigenvalue weighted by Gasteiger charge is 2.40. The van der Waals surface area contributed by atoms with Crippen LogP contribution in [0.25, 0.3) is 0 Å². The van der Waals surface area contributed by atoms with Crippen molar-refractivity contribution in [1.82, 2.24) is 9.88 Å². The van der Waals surface area contributed by atoms with E-state index in [1.165, 1.54) is 4.90 Å². The van der Waals surface area contributed by atoms with Crippen LogP contribution in [0, 0.1) is 17.2 Å². The highest BCUT2D eigenvalue weighted by Crippen LogP contribution is 2.24. The maximum atomic E-state index is 13.2. The SMILES string of the molecule is N#CCC[C@@H](CCc1ccnc(N)c1)C(=O)N1C(=O)OC[C@@H]1Cc1ccccc1. The van der Waals surface area contributed by atoms with Crippen molar-refractivity contribution in [3.05, 3.63) is 59.8 Å². The van der Waals surface area contributed by atoms with Gasteiger partial charge in [-0.3, -0.25) is 4.79 Å². The van der Waals surface area contributed by atoms with Crippen LogP contribution in [0.15, 0.2) is 48.7 Å². The van der Waals surface area contributed by atoms with E-state index in [0.29, 0.717) is 31.5 Å². The fourth-order valence-electron chi connectivity index (χ4n) is 3.58. The van der Waals surface area contributed by atoms with E-state index in [-0.39, 0.29) is 25.0 Å². The molecule has 1 aromatic heterocycles. The normalized spacial score (nSPS) is 16.9. The molecule has 0 unspecified atom stereocenters. The molecule has 0 spiro atoms. The number of imide groups is 1. The van der Waals surface area contributed by atoms with Gasteiger partial charge < -0.3 is 10.5 Å². The topological polar surface area (TPSA) is 109 Å². The first-order valence-electron chi connectivity index (χ1n) is 9.69. The Kier molecular flexibility index (Phi) is 6.80. The van der Waals surface area contributed by atoms with Gasteiger partial charge in [0.15, 0.2) is 0 Å². The van der Waals surface area contributed by atoms with E-state index in [1.807, 2.05) is 36.4 Å². The Morgan fingerprint density at radius 2 is 2.07 bits per heavy atom. The van der Waals surface area contributed by atoms with E-state index in [2.05, 4.69) is 11.1 Å². The first-order chi connectivity index (χ1) is 14.1. The van der Waals surface area contributed by atoms with Crippen molar-refractivity contribution in [2.24, 2.45) is 5.92 Å². The Morgan fingerprint density at radius 1 is 1.28 bits per heavy atom. The molecule has 2 aromatic rings. The lowest BCUT2D eigenvalue weighted by Gasteiger charge is -2.24. The van der Waals surface area contributed by atoms with Crippen molar-refractivity contribution >= 4 is 17.8 Å². The number of hydrogen-bond donors (Lipinski definition) is 1. The number of nitriles is 1. The number of carbonyl (C=O) groups is 2. The number of nitrogens with two attached hydrogens (primary N) is 1. The predicted molar refractivity (Wildman–Crippen MR) is 107 cm³/mol. The highest BCUT2D eigenvalue weighted by molar-refractivity contribution is 5.94. The summed E-state index contributed by atoms with van der Waals surface area (Å²) in [6, 6.07) is 15.1. The molecule has 2 atom stereocenters. The molecule has 0 saturated carbocycles. The first kappa shape index (κ1) is 20.3. The number of nitrogen functional groups attached to an aromatic ring is 1. The number of cyclic esters (lactones) is 1. The summed E-state index contributed by atoms with van der Waals surface area (Å²) in [5, 5.41) is 8.99. The number of pyridine rings is 1. The van der Waals surface area contributed by atoms with Gasteiger partial charge in [0.05, 0.1) is 12.1 Å². The summed E-state index contributed by atoms with van der Waals surface area (Å²) < 4.78 is 5.18. The summed E-state index contributed by atoms with van der Waals surface area (Å²) in [5.74, 6) is -0.285. The molecule has 2 amide bonds. The third-order valence-electron chi connectivity index (χ3n) is 5.09. The quantitative estimate of drug-likeness (QED) is 0.739. The Labute approximate surface area is 170 Å². The van der Waals surface area contributed by atoms with Crippen molar-refractivity contribution < 1.29 is 14.3 Å². The zero-order chi connectivity index (χ0) is 20.6. The van der Waals surface area contributed by atoms with Crippen LogP contribution < -0.4 is 5.73 Å². The monoisotopic (exact) mass is 392 g/mol. The minimum Gasteiger partial charge on any atom is -0.447 e. The summed E-state index contributed by atoms with van der Waals surface area (Å²) in [5.41, 5.74) is 7.73. The van der Waals surface area contributed by atoms with Crippen molar-refractivity contribution in [3.8, 4) is 6.07 Å². The Morgan fingerprint density at radius 3 is 2.79 bits per heavy atom. The number of nitrogens with zero attached hydrogens (tertiary/aromatic N) is 3. The van der Waals surface area contributed by atoms with Gasteiger partial charge in [0.25, 0.3) is 0 Å². The highest BCUT2D eigenvalue weighted by atomic mass is 16.6. The van der Waals surface area contributed by atoms with Crippen molar-refractivity contribution in [2.75, 3.05) is 12.3 Å². The second-order valence-corrected chi connectivity index (χ2v) is 7.15. The molecule has 2 N–H and O–H groups in total. The van der Waals surface area contributed by atoms with Gasteiger partial charge in [-0.25, -0.2) is 14.7 Å². The minimum absolute atomic E-state index is 0.186. The van der Waals surface area contributed by atoms with Gasteiger partial charge in [0, 0.05) is 18.5 Å². The lowest BCUT2D eigenvalue weighted by Crippen LogP contribution is -2.43. The standard InChI is InChI=1S/C22H24N4O3/c23-11-4-7-18(9-8-17-10-12-25-20(24)14-17)21(27)26-19(15-29-22(26)28)13-16-5-2-1-3-6-16/h1-3,5-6,10,12,14,18-19H,4,7-9,13,15H2,(H2,24,25)/t18-,19-/m0/s1. The van der Waals surface area contributed by atoms with E-state index in [4.69, 9.17) is 15.7 Å². The van der Waals surface area contributed by atoms with Gasteiger partial charge in [0.1, 0.15) is 12.4 Å². The first-order valence-corrected chi connectivity index (χ1v) is 9.69. The van der Waals surface area contributed by atoms with E-state index in [9.17, 15) is 9.59 Å². The maximum Gasteiger partial charge on any atom is 0.416 e. The summed E-state index contributed by atoms with van der Waals surface area (Å²) >= 11 is 0. The van der Waals surface area contributed by atoms with Crippen LogP contribution >= 0.6 is 0 Å². The third kappa shape index (κ3) is 5.32. The van der Waals surface area contributed by atoms with Crippen molar-refractivity contribution in [2.45, 2.75) is 38.1 Å². The zero-order valence-corrected chi connectivity index (χ0v) is 16.2. The van der Waals surface area contributed by atoms with Crippen molar-refractivity contribution in [3.63, 3.8) is 0 Å². The minimum atomic E-state index is -0.606. The maximum absolute atomic E-state index is 13.2. The second kappa shape index (κ2) is 9.69. The molecule has 1 saturated heterocycles. The molecule has 29 heavy (non-hydrogen) atoms. The number of benzene rings is 1. The molecule has 7 nitrogen and oxygen atoms in total. The molecule has 1 aliphatic rings. The van der Waals surface area contributed by atoms with E-state index < -0.39 is 12.0 Å². The molecule has 2 heterocycles. The van der Waals surface area contributed by atoms with Gasteiger partial charge >= 0.3 is 6.09 Å². The van der Waals surface area contributed by atoms with Gasteiger partial charge in [-0.15, -0.1) is 0 Å². The third-order valence-corrected chi connectivity index (χ3v) is 5.09. The summed E-state index contributed by atoms with van der Waals surface area (Å²) in [6.07, 6.45) is 3.35. The number of carbonyl (C=O) groups excluding carboxylic acids is 2. The van der Waals surface area contributed by atoms with Crippen LogP contribution in [0.3, 0.4) is 0 Å². The Bertz CT molecular complexity index is 894. The average molecular weight is 392 g/mol. The van der Waals surface area contributed by atoms with Gasteiger partial charge in [-0.2, -0.15) is 5.26 Å². The smallest absolute Gasteiger partial charge is 0.416 e.